The van der Waals surface area contributed by atoms with Crippen molar-refractivity contribution in [3.63, 3.8) is 0 Å². The number of hydrogen-bond acceptors (Lipinski definition) is 18. The molecule has 0 aromatic rings. The van der Waals surface area contributed by atoms with Crippen molar-refractivity contribution >= 4 is 5.97 Å². The fourth-order valence-corrected chi connectivity index (χ4v) is 2.32. The Bertz CT molecular complexity index is 920. The molecule has 194 valence electrons. The molecule has 0 fully saturated rings. The van der Waals surface area contributed by atoms with Crippen LogP contribution in [0.5, 0.6) is 0 Å². The van der Waals surface area contributed by atoms with E-state index >= 15 is 0 Å². The van der Waals surface area contributed by atoms with Crippen molar-refractivity contribution in [3.8, 4) is 0 Å². The Morgan fingerprint density at radius 1 is 0.600 bits per heavy atom. The monoisotopic (exact) mass is 518 g/mol. The van der Waals surface area contributed by atoms with Crippen LogP contribution in [0.2, 0.25) is 0 Å². The molecule has 0 saturated carbocycles. The van der Waals surface area contributed by atoms with Gasteiger partial charge in [-0.3, -0.25) is 85.7 Å². The molecular formula is C9H10N8O18. The van der Waals surface area contributed by atoms with Crippen LogP contribution >= 0.6 is 0 Å². The van der Waals surface area contributed by atoms with E-state index in [1.54, 1.807) is 0 Å². The van der Waals surface area contributed by atoms with Gasteiger partial charge in [-0.2, -0.15) is 0 Å². The van der Waals surface area contributed by atoms with E-state index in [0.29, 0.717) is 0 Å². The molecule has 0 saturated heterocycles. The van der Waals surface area contributed by atoms with E-state index < -0.39 is 88.0 Å². The average molecular weight is 518 g/mol. The number of esters is 1. The lowest BCUT2D eigenvalue weighted by Crippen LogP contribution is -2.58. The molecule has 0 rings (SSSR count). The molecule has 0 aliphatic heterocycles. The van der Waals surface area contributed by atoms with Crippen LogP contribution in [0.25, 0.3) is 0 Å². The number of rotatable bonds is 15. The molecule has 1 atom stereocenters. The molecule has 26 heteroatoms. The summed E-state index contributed by atoms with van der Waals surface area (Å²) < 4.78 is 3.97. The first-order chi connectivity index (χ1) is 15.7. The fourth-order valence-electron chi connectivity index (χ4n) is 2.32. The fraction of sp³-hybridized carbons (Fsp3) is 0.889. The normalized spacial score (nSPS) is 12.6. The topological polar surface area (TPSA) is 371 Å². The van der Waals surface area contributed by atoms with Gasteiger partial charge in [-0.1, -0.05) is 0 Å². The van der Waals surface area contributed by atoms with Crippen molar-refractivity contribution in [2.45, 2.75) is 37.0 Å². The van der Waals surface area contributed by atoms with Crippen molar-refractivity contribution in [2.24, 2.45) is 5.92 Å². The minimum Gasteiger partial charge on any atom is -0.441 e. The van der Waals surface area contributed by atoms with Gasteiger partial charge in [0.1, 0.15) is 6.42 Å². The van der Waals surface area contributed by atoms with Crippen LogP contribution in [0, 0.1) is 86.8 Å². The van der Waals surface area contributed by atoms with E-state index in [-0.39, 0.29) is 6.92 Å². The predicted molar refractivity (Wildman–Crippen MR) is 93.5 cm³/mol. The summed E-state index contributed by atoms with van der Waals surface area (Å²) in [4.78, 5) is 84.1. The molecule has 0 bridgehead atoms. The summed E-state index contributed by atoms with van der Waals surface area (Å²) in [5.74, 6) is -14.4. The number of ether oxygens (including phenoxy) is 1. The number of nitrogens with zero attached hydrogens (tertiary/aromatic N) is 8. The summed E-state index contributed by atoms with van der Waals surface area (Å²) in [5, 5.41) is 88.2. The molecule has 0 aliphatic rings. The molecular weight excluding hydrogens is 508 g/mol. The van der Waals surface area contributed by atoms with Crippen LogP contribution in [-0.4, -0.2) is 69.2 Å². The van der Waals surface area contributed by atoms with Gasteiger partial charge in [0.05, 0.1) is 22.7 Å². The van der Waals surface area contributed by atoms with Crippen molar-refractivity contribution in [1.82, 2.24) is 0 Å². The lowest BCUT2D eigenvalue weighted by molar-refractivity contribution is -0.971. The minimum absolute atomic E-state index is 0.162. The zero-order valence-electron chi connectivity index (χ0n) is 16.6. The molecule has 0 radical (unpaired) electrons. The van der Waals surface area contributed by atoms with Gasteiger partial charge in [0.25, 0.3) is 0 Å². The number of carbonyl (C=O) groups excluding carboxylic acids is 1. The molecule has 0 aromatic heterocycles. The molecule has 0 amide bonds. The Labute approximate surface area is 186 Å². The highest BCUT2D eigenvalue weighted by molar-refractivity contribution is 5.72. The average Bonchev–Trinajstić information content (AvgIpc) is 2.68. The van der Waals surface area contributed by atoms with Crippen molar-refractivity contribution in [1.29, 1.82) is 0 Å². The van der Waals surface area contributed by atoms with Gasteiger partial charge >= 0.3 is 29.8 Å². The van der Waals surface area contributed by atoms with Crippen LogP contribution in [0.15, 0.2) is 0 Å². The minimum atomic E-state index is -4.58. The zero-order chi connectivity index (χ0) is 28.1. The van der Waals surface area contributed by atoms with Crippen LogP contribution in [0.4, 0.5) is 0 Å². The Kier molecular flexibility index (Phi) is 8.54. The molecule has 0 heterocycles. The summed E-state index contributed by atoms with van der Waals surface area (Å²) in [6.07, 6.45) is -4.23. The lowest BCUT2D eigenvalue weighted by atomic mass is 9.90. The van der Waals surface area contributed by atoms with Gasteiger partial charge < -0.3 is 4.74 Å². The van der Waals surface area contributed by atoms with Crippen molar-refractivity contribution in [2.75, 3.05) is 6.61 Å². The first-order valence-electron chi connectivity index (χ1n) is 8.07. The van der Waals surface area contributed by atoms with Crippen molar-refractivity contribution < 1.29 is 48.9 Å². The van der Waals surface area contributed by atoms with Gasteiger partial charge in [-0.25, -0.2) is 0 Å². The summed E-state index contributed by atoms with van der Waals surface area (Å²) >= 11 is 0. The van der Waals surface area contributed by atoms with E-state index in [9.17, 15) is 85.7 Å². The SMILES string of the molecule is CC(CC(CC([N+](=O)[O-])([N+](=O)[O-])[N+](=O)[O-])C(=O)OCC([N+](=O)[O-])([N+](=O)[O-])[N+](=O)[O-])([N+](=O)[O-])[N+](=O)[O-]. The molecule has 0 N–H and O–H groups in total. The third kappa shape index (κ3) is 5.19. The Morgan fingerprint density at radius 3 is 1.17 bits per heavy atom. The van der Waals surface area contributed by atoms with E-state index in [0.717, 1.165) is 0 Å². The quantitative estimate of drug-likeness (QED) is 0.0993. The van der Waals surface area contributed by atoms with Crippen LogP contribution in [0.1, 0.15) is 19.8 Å². The lowest BCUT2D eigenvalue weighted by Gasteiger charge is -2.20. The van der Waals surface area contributed by atoms with Crippen molar-refractivity contribution in [3.05, 3.63) is 80.9 Å². The maximum atomic E-state index is 12.3. The maximum Gasteiger partial charge on any atom is 0.734 e. The van der Waals surface area contributed by atoms with Crippen LogP contribution < -0.4 is 0 Å². The third-order valence-corrected chi connectivity index (χ3v) is 4.44. The number of carbonyl (C=O) groups is 1. The Balaban J connectivity index is 6.69. The summed E-state index contributed by atoms with van der Waals surface area (Å²) in [7, 11) is 0. The third-order valence-electron chi connectivity index (χ3n) is 4.44. The number of hydrogen-bond donors (Lipinski definition) is 0. The van der Waals surface area contributed by atoms with Crippen LogP contribution in [-0.2, 0) is 9.53 Å². The number of nitro groups is 8. The summed E-state index contributed by atoms with van der Waals surface area (Å²) in [5.41, 5.74) is -3.54. The van der Waals surface area contributed by atoms with E-state index in [1.165, 1.54) is 0 Å². The smallest absolute Gasteiger partial charge is 0.441 e. The summed E-state index contributed by atoms with van der Waals surface area (Å²) in [6, 6.07) is 0. The molecule has 0 aliphatic carbocycles. The van der Waals surface area contributed by atoms with Gasteiger partial charge in [-0.05, 0) is 0 Å². The van der Waals surface area contributed by atoms with E-state index in [1.807, 2.05) is 0 Å². The highest BCUT2D eigenvalue weighted by Gasteiger charge is 2.74. The predicted octanol–water partition coefficient (Wildman–Crippen LogP) is -1.84. The molecule has 26 nitrogen and oxygen atoms in total. The highest BCUT2D eigenvalue weighted by atomic mass is 16.8. The van der Waals surface area contributed by atoms with Gasteiger partial charge in [0.15, 0.2) is 36.0 Å². The molecule has 0 aromatic carbocycles. The second-order valence-electron chi connectivity index (χ2n) is 6.54. The molecule has 1 unspecified atom stereocenters. The van der Waals surface area contributed by atoms with Crippen LogP contribution in [0.3, 0.4) is 0 Å². The first-order valence-corrected chi connectivity index (χ1v) is 8.07. The standard InChI is InChI=1S/C9H10N8O18/c1-7(10(19)20,11(21)22)2-5(3-8(12(23)24,13(25)26)14(27)28)6(18)35-4-9(15(29)30,16(31)32)17(33)34/h5H,2-4H2,1H3. The van der Waals surface area contributed by atoms with E-state index in [4.69, 9.17) is 0 Å². The Morgan fingerprint density at radius 2 is 0.914 bits per heavy atom. The highest BCUT2D eigenvalue weighted by Crippen LogP contribution is 2.31. The molecule has 0 spiro atoms. The van der Waals surface area contributed by atoms with Gasteiger partial charge in [-0.15, -0.1) is 0 Å². The van der Waals surface area contributed by atoms with Gasteiger partial charge in [0.2, 0.25) is 0 Å². The second kappa shape index (κ2) is 10.1. The first kappa shape index (κ1) is 29.7. The second-order valence-corrected chi connectivity index (χ2v) is 6.54. The molecule has 35 heavy (non-hydrogen) atoms. The zero-order valence-corrected chi connectivity index (χ0v) is 16.6. The summed E-state index contributed by atoms with van der Waals surface area (Å²) in [6.45, 7) is -2.26. The van der Waals surface area contributed by atoms with Gasteiger partial charge in [0, 0.05) is 0 Å². The largest absolute Gasteiger partial charge is 0.734 e. The van der Waals surface area contributed by atoms with E-state index in [2.05, 4.69) is 4.74 Å². The Hall–Kier alpha value is -5.33. The maximum absolute atomic E-state index is 12.3.